The van der Waals surface area contributed by atoms with Crippen LogP contribution in [0.5, 0.6) is 5.75 Å². The Kier molecular flexibility index (Phi) is 10.9. The van der Waals surface area contributed by atoms with Crippen LogP contribution >= 0.6 is 24.0 Å². The molecule has 2 rings (SSSR count). The standard InChI is InChI=1S/C19H31N3O2.HI/c1-3-7-15(10-11-23)13-21-19(20-4-2)22-14-17-12-16-8-5-6-9-18(16)24-17;/h5-6,8-9,15,17,23H,3-4,7,10-14H2,1-2H3,(H2,20,21,22);1H. The lowest BCUT2D eigenvalue weighted by atomic mass is 10.0. The van der Waals surface area contributed by atoms with Gasteiger partial charge in [-0.2, -0.15) is 0 Å². The number of aliphatic hydroxyl groups is 1. The van der Waals surface area contributed by atoms with E-state index in [-0.39, 0.29) is 36.7 Å². The van der Waals surface area contributed by atoms with Crippen LogP contribution in [-0.4, -0.2) is 43.4 Å². The zero-order valence-electron chi connectivity index (χ0n) is 15.3. The van der Waals surface area contributed by atoms with E-state index in [1.165, 1.54) is 5.56 Å². The van der Waals surface area contributed by atoms with Crippen LogP contribution in [0.3, 0.4) is 0 Å². The van der Waals surface area contributed by atoms with Crippen molar-refractivity contribution >= 4 is 29.9 Å². The molecule has 5 nitrogen and oxygen atoms in total. The SMILES string of the molecule is CCCC(CCO)CN=C(NCC)NCC1Cc2ccccc2O1.I. The van der Waals surface area contributed by atoms with Crippen molar-refractivity contribution in [2.75, 3.05) is 26.2 Å². The summed E-state index contributed by atoms with van der Waals surface area (Å²) >= 11 is 0. The number of guanidine groups is 1. The number of hydrogen-bond acceptors (Lipinski definition) is 3. The second-order valence-electron chi connectivity index (χ2n) is 6.32. The summed E-state index contributed by atoms with van der Waals surface area (Å²) in [6.45, 7) is 6.78. The maximum Gasteiger partial charge on any atom is 0.191 e. The quantitative estimate of drug-likeness (QED) is 0.301. The molecule has 1 aromatic carbocycles. The monoisotopic (exact) mass is 461 g/mol. The molecular formula is C19H32IN3O2. The number of aliphatic hydroxyl groups excluding tert-OH is 1. The average molecular weight is 461 g/mol. The van der Waals surface area contributed by atoms with Gasteiger partial charge in [0.25, 0.3) is 0 Å². The highest BCUT2D eigenvalue weighted by Gasteiger charge is 2.22. The largest absolute Gasteiger partial charge is 0.488 e. The van der Waals surface area contributed by atoms with Gasteiger partial charge in [0.1, 0.15) is 11.9 Å². The first-order valence-electron chi connectivity index (χ1n) is 9.14. The van der Waals surface area contributed by atoms with Gasteiger partial charge < -0.3 is 20.5 Å². The molecule has 2 atom stereocenters. The van der Waals surface area contributed by atoms with Crippen LogP contribution in [0.1, 0.15) is 38.7 Å². The van der Waals surface area contributed by atoms with E-state index in [4.69, 9.17) is 9.84 Å². The second kappa shape index (κ2) is 12.4. The van der Waals surface area contributed by atoms with E-state index >= 15 is 0 Å². The van der Waals surface area contributed by atoms with Crippen LogP contribution in [0.2, 0.25) is 0 Å². The number of nitrogens with one attached hydrogen (secondary N) is 2. The van der Waals surface area contributed by atoms with Gasteiger partial charge in [-0.25, -0.2) is 0 Å². The van der Waals surface area contributed by atoms with Gasteiger partial charge in [0.2, 0.25) is 0 Å². The predicted molar refractivity (Wildman–Crippen MR) is 114 cm³/mol. The molecule has 3 N–H and O–H groups in total. The summed E-state index contributed by atoms with van der Waals surface area (Å²) in [7, 11) is 0. The molecule has 0 saturated carbocycles. The van der Waals surface area contributed by atoms with E-state index < -0.39 is 0 Å². The molecule has 2 unspecified atom stereocenters. The topological polar surface area (TPSA) is 65.9 Å². The van der Waals surface area contributed by atoms with Crippen molar-refractivity contribution < 1.29 is 9.84 Å². The average Bonchev–Trinajstić information content (AvgIpc) is 3.00. The number of para-hydroxylation sites is 1. The first kappa shape index (κ1) is 22.0. The molecule has 1 heterocycles. The van der Waals surface area contributed by atoms with Crippen LogP contribution in [0.15, 0.2) is 29.3 Å². The lowest BCUT2D eigenvalue weighted by Gasteiger charge is -2.17. The fourth-order valence-electron chi connectivity index (χ4n) is 3.06. The molecule has 0 amide bonds. The molecule has 0 aliphatic carbocycles. The molecule has 1 aliphatic rings. The van der Waals surface area contributed by atoms with Crippen LogP contribution in [0.4, 0.5) is 0 Å². The minimum atomic E-state index is 0. The van der Waals surface area contributed by atoms with E-state index in [0.717, 1.165) is 57.0 Å². The predicted octanol–water partition coefficient (Wildman–Crippen LogP) is 2.96. The van der Waals surface area contributed by atoms with Gasteiger partial charge in [-0.1, -0.05) is 31.5 Å². The van der Waals surface area contributed by atoms with Gasteiger partial charge in [-0.3, -0.25) is 4.99 Å². The lowest BCUT2D eigenvalue weighted by Crippen LogP contribution is -2.42. The normalized spacial score (nSPS) is 17.2. The molecule has 0 spiro atoms. The van der Waals surface area contributed by atoms with Gasteiger partial charge in [0, 0.05) is 26.1 Å². The van der Waals surface area contributed by atoms with Gasteiger partial charge in [0.05, 0.1) is 6.54 Å². The van der Waals surface area contributed by atoms with Crippen molar-refractivity contribution in [1.29, 1.82) is 0 Å². The third-order valence-corrected chi connectivity index (χ3v) is 4.30. The molecule has 6 heteroatoms. The number of nitrogens with zero attached hydrogens (tertiary/aromatic N) is 1. The number of hydrogen-bond donors (Lipinski definition) is 3. The zero-order chi connectivity index (χ0) is 17.2. The summed E-state index contributed by atoms with van der Waals surface area (Å²) < 4.78 is 5.96. The summed E-state index contributed by atoms with van der Waals surface area (Å²) in [4.78, 5) is 4.69. The Morgan fingerprint density at radius 2 is 2.08 bits per heavy atom. The summed E-state index contributed by atoms with van der Waals surface area (Å²) in [6.07, 6.45) is 4.13. The van der Waals surface area contributed by atoms with Crippen LogP contribution in [-0.2, 0) is 6.42 Å². The number of benzene rings is 1. The fraction of sp³-hybridized carbons (Fsp3) is 0.632. The molecular weight excluding hydrogens is 429 g/mol. The molecule has 25 heavy (non-hydrogen) atoms. The van der Waals surface area contributed by atoms with Crippen molar-refractivity contribution in [3.63, 3.8) is 0 Å². The lowest BCUT2D eigenvalue weighted by molar-refractivity contribution is 0.234. The first-order chi connectivity index (χ1) is 11.8. The molecule has 0 saturated heterocycles. The van der Waals surface area contributed by atoms with E-state index in [2.05, 4.69) is 41.6 Å². The number of halogens is 1. The highest BCUT2D eigenvalue weighted by atomic mass is 127. The van der Waals surface area contributed by atoms with Crippen molar-refractivity contribution in [3.8, 4) is 5.75 Å². The van der Waals surface area contributed by atoms with Crippen LogP contribution in [0, 0.1) is 5.92 Å². The maximum atomic E-state index is 9.17. The fourth-order valence-corrected chi connectivity index (χ4v) is 3.06. The van der Waals surface area contributed by atoms with Crippen molar-refractivity contribution in [2.24, 2.45) is 10.9 Å². The van der Waals surface area contributed by atoms with Crippen LogP contribution in [0.25, 0.3) is 0 Å². The van der Waals surface area contributed by atoms with E-state index in [1.807, 2.05) is 12.1 Å². The number of aliphatic imine (C=N–C) groups is 1. The van der Waals surface area contributed by atoms with Crippen molar-refractivity contribution in [3.05, 3.63) is 29.8 Å². The Balaban J connectivity index is 0.00000312. The van der Waals surface area contributed by atoms with Gasteiger partial charge in [0.15, 0.2) is 5.96 Å². The molecule has 142 valence electrons. The highest BCUT2D eigenvalue weighted by molar-refractivity contribution is 14.0. The Labute approximate surface area is 168 Å². The summed E-state index contributed by atoms with van der Waals surface area (Å²) in [5.74, 6) is 2.27. The number of fused-ring (bicyclic) bond motifs is 1. The number of rotatable bonds is 9. The van der Waals surface area contributed by atoms with Gasteiger partial charge >= 0.3 is 0 Å². The van der Waals surface area contributed by atoms with Gasteiger partial charge in [-0.15, -0.1) is 24.0 Å². The third-order valence-electron chi connectivity index (χ3n) is 4.30. The van der Waals surface area contributed by atoms with Gasteiger partial charge in [-0.05, 0) is 37.3 Å². The maximum absolute atomic E-state index is 9.17. The van der Waals surface area contributed by atoms with E-state index in [1.54, 1.807) is 0 Å². The summed E-state index contributed by atoms with van der Waals surface area (Å²) in [6, 6.07) is 8.21. The van der Waals surface area contributed by atoms with E-state index in [9.17, 15) is 0 Å². The zero-order valence-corrected chi connectivity index (χ0v) is 17.7. The van der Waals surface area contributed by atoms with Crippen LogP contribution < -0.4 is 15.4 Å². The summed E-state index contributed by atoms with van der Waals surface area (Å²) in [5, 5.41) is 15.8. The van der Waals surface area contributed by atoms with E-state index in [0.29, 0.717) is 5.92 Å². The highest BCUT2D eigenvalue weighted by Crippen LogP contribution is 2.27. The smallest absolute Gasteiger partial charge is 0.191 e. The Morgan fingerprint density at radius 3 is 2.76 bits per heavy atom. The Bertz CT molecular complexity index is 494. The minimum absolute atomic E-state index is 0. The Hall–Kier alpha value is -1.02. The number of ether oxygens (including phenoxy) is 1. The van der Waals surface area contributed by atoms with Crippen molar-refractivity contribution in [1.82, 2.24) is 10.6 Å². The van der Waals surface area contributed by atoms with Crippen molar-refractivity contribution in [2.45, 2.75) is 45.6 Å². The molecule has 0 bridgehead atoms. The Morgan fingerprint density at radius 1 is 1.28 bits per heavy atom. The molecule has 1 aliphatic heterocycles. The molecule has 0 radical (unpaired) electrons. The minimum Gasteiger partial charge on any atom is -0.488 e. The summed E-state index contributed by atoms with van der Waals surface area (Å²) in [5.41, 5.74) is 1.28. The first-order valence-corrected chi connectivity index (χ1v) is 9.14. The third kappa shape index (κ3) is 7.40. The molecule has 0 fully saturated rings. The second-order valence-corrected chi connectivity index (χ2v) is 6.32. The molecule has 1 aromatic rings. The molecule has 0 aromatic heterocycles.